The summed E-state index contributed by atoms with van der Waals surface area (Å²) in [5, 5.41) is 0. The van der Waals surface area contributed by atoms with E-state index in [4.69, 9.17) is 9.26 Å². The SMILES string of the molecule is CO[PH](=O)OC[C@]1(F)CC[C@H](n2cc(C)c(=O)[nH]c2=O)O1. The lowest BCUT2D eigenvalue weighted by Crippen LogP contribution is -2.35. The number of hydrogen-bond acceptors (Lipinski definition) is 6. The predicted molar refractivity (Wildman–Crippen MR) is 71.2 cm³/mol. The van der Waals surface area contributed by atoms with E-state index in [1.807, 2.05) is 0 Å². The Balaban J connectivity index is 2.12. The third kappa shape index (κ3) is 3.68. The molecule has 1 N–H and O–H groups in total. The third-order valence-electron chi connectivity index (χ3n) is 3.14. The van der Waals surface area contributed by atoms with Crippen LogP contribution in [0.25, 0.3) is 0 Å². The average Bonchev–Trinajstić information content (AvgIpc) is 2.83. The second-order valence-corrected chi connectivity index (χ2v) is 5.91. The summed E-state index contributed by atoms with van der Waals surface area (Å²) in [5.41, 5.74) is -0.857. The van der Waals surface area contributed by atoms with E-state index >= 15 is 0 Å². The number of aromatic amines is 1. The van der Waals surface area contributed by atoms with Gasteiger partial charge in [0.2, 0.25) is 5.85 Å². The molecule has 10 heteroatoms. The van der Waals surface area contributed by atoms with Gasteiger partial charge in [0.25, 0.3) is 5.56 Å². The summed E-state index contributed by atoms with van der Waals surface area (Å²) in [4.78, 5) is 25.1. The first kappa shape index (κ1) is 16.1. The standard InChI is InChI=1S/C11H16FN2O6P/c1-7-5-14(10(16)13-9(7)15)8-3-4-11(12,20-8)6-19-21(17)18-2/h5,8,21H,3-4,6H2,1-2H3,(H,13,15,16)/t8-,11+/m1/s1. The minimum atomic E-state index is -2.74. The Kier molecular flexibility index (Phi) is 4.77. The molecule has 118 valence electrons. The van der Waals surface area contributed by atoms with Crippen molar-refractivity contribution in [3.63, 3.8) is 0 Å². The number of ether oxygens (including phenoxy) is 1. The van der Waals surface area contributed by atoms with Crippen LogP contribution in [-0.4, -0.2) is 29.1 Å². The van der Waals surface area contributed by atoms with Crippen LogP contribution >= 0.6 is 8.25 Å². The van der Waals surface area contributed by atoms with Crippen LogP contribution in [0.3, 0.4) is 0 Å². The molecule has 1 saturated heterocycles. The van der Waals surface area contributed by atoms with Gasteiger partial charge in [0, 0.05) is 25.3 Å². The van der Waals surface area contributed by atoms with Gasteiger partial charge in [-0.2, -0.15) is 0 Å². The molecule has 2 rings (SSSR count). The van der Waals surface area contributed by atoms with E-state index in [9.17, 15) is 18.5 Å². The van der Waals surface area contributed by atoms with Crippen LogP contribution in [0.1, 0.15) is 24.6 Å². The minimum absolute atomic E-state index is 0.0266. The Morgan fingerprint density at radius 2 is 2.33 bits per heavy atom. The molecule has 1 aromatic rings. The number of aromatic nitrogens is 2. The Labute approximate surface area is 119 Å². The molecule has 1 aromatic heterocycles. The molecule has 1 aliphatic rings. The van der Waals surface area contributed by atoms with E-state index in [2.05, 4.69) is 9.51 Å². The number of aryl methyl sites for hydroxylation is 1. The molecule has 3 atom stereocenters. The highest BCUT2D eigenvalue weighted by atomic mass is 31.1. The van der Waals surface area contributed by atoms with Gasteiger partial charge in [0.1, 0.15) is 12.8 Å². The van der Waals surface area contributed by atoms with E-state index in [0.29, 0.717) is 5.56 Å². The second-order valence-electron chi connectivity index (χ2n) is 4.72. The van der Waals surface area contributed by atoms with Crippen LogP contribution in [0, 0.1) is 6.92 Å². The van der Waals surface area contributed by atoms with Crippen molar-refractivity contribution in [3.05, 3.63) is 32.6 Å². The second kappa shape index (κ2) is 6.23. The lowest BCUT2D eigenvalue weighted by atomic mass is 10.2. The van der Waals surface area contributed by atoms with Crippen LogP contribution in [0.15, 0.2) is 15.8 Å². The highest BCUT2D eigenvalue weighted by molar-refractivity contribution is 7.33. The van der Waals surface area contributed by atoms with Gasteiger partial charge in [0.15, 0.2) is 0 Å². The van der Waals surface area contributed by atoms with E-state index < -0.39 is 38.2 Å². The lowest BCUT2D eigenvalue weighted by molar-refractivity contribution is -0.173. The summed E-state index contributed by atoms with van der Waals surface area (Å²) in [7, 11) is -1.55. The zero-order chi connectivity index (χ0) is 15.6. The van der Waals surface area contributed by atoms with Gasteiger partial charge in [-0.25, -0.2) is 9.18 Å². The molecule has 8 nitrogen and oxygen atoms in total. The Morgan fingerprint density at radius 1 is 1.62 bits per heavy atom. The largest absolute Gasteiger partial charge is 0.330 e. The highest BCUT2D eigenvalue weighted by Crippen LogP contribution is 2.39. The topological polar surface area (TPSA) is 99.6 Å². The Morgan fingerprint density at radius 3 is 3.00 bits per heavy atom. The fourth-order valence-corrected chi connectivity index (χ4v) is 2.48. The molecule has 0 saturated carbocycles. The van der Waals surface area contributed by atoms with E-state index in [0.717, 1.165) is 4.57 Å². The van der Waals surface area contributed by atoms with Gasteiger partial charge in [-0.1, -0.05) is 0 Å². The molecule has 1 aliphatic heterocycles. The summed E-state index contributed by atoms with van der Waals surface area (Å²) >= 11 is 0. The van der Waals surface area contributed by atoms with Gasteiger partial charge in [-0.05, 0) is 13.3 Å². The number of halogens is 1. The maximum atomic E-state index is 14.3. The maximum absolute atomic E-state index is 14.3. The predicted octanol–water partition coefficient (Wildman–Crippen LogP) is 0.873. The summed E-state index contributed by atoms with van der Waals surface area (Å²) in [6.45, 7) is 0.979. The molecule has 0 spiro atoms. The van der Waals surface area contributed by atoms with Crippen molar-refractivity contribution in [1.29, 1.82) is 0 Å². The van der Waals surface area contributed by atoms with Crippen molar-refractivity contribution in [2.45, 2.75) is 31.8 Å². The molecule has 0 amide bonds. The first-order valence-corrected chi connectivity index (χ1v) is 7.47. The number of rotatable bonds is 5. The minimum Gasteiger partial charge on any atom is -0.320 e. The molecule has 1 fully saturated rings. The first-order chi connectivity index (χ1) is 9.84. The smallest absolute Gasteiger partial charge is 0.320 e. The van der Waals surface area contributed by atoms with Gasteiger partial charge >= 0.3 is 13.9 Å². The van der Waals surface area contributed by atoms with E-state index in [1.54, 1.807) is 0 Å². The zero-order valence-electron chi connectivity index (χ0n) is 11.6. The Bertz CT molecular complexity index is 659. The number of nitrogens with zero attached hydrogens (tertiary/aromatic N) is 1. The molecule has 0 radical (unpaired) electrons. The van der Waals surface area contributed by atoms with Crippen LogP contribution in [-0.2, 0) is 18.3 Å². The van der Waals surface area contributed by atoms with Crippen LogP contribution in [0.2, 0.25) is 0 Å². The highest BCUT2D eigenvalue weighted by Gasteiger charge is 2.42. The molecule has 1 unspecified atom stereocenters. The normalized spacial score (nSPS) is 26.9. The van der Waals surface area contributed by atoms with Crippen molar-refractivity contribution in [2.24, 2.45) is 0 Å². The molecule has 21 heavy (non-hydrogen) atoms. The summed E-state index contributed by atoms with van der Waals surface area (Å²) in [6, 6.07) is 0. The fourth-order valence-electron chi connectivity index (χ4n) is 2.03. The fraction of sp³-hybridized carbons (Fsp3) is 0.636. The molecular formula is C11H16FN2O6P. The van der Waals surface area contributed by atoms with Crippen molar-refractivity contribution in [3.8, 4) is 0 Å². The number of hydrogen-bond donors (Lipinski definition) is 1. The molecular weight excluding hydrogens is 306 g/mol. The summed E-state index contributed by atoms with van der Waals surface area (Å²) in [5.74, 6) is -2.15. The lowest BCUT2D eigenvalue weighted by Gasteiger charge is -2.21. The number of nitrogens with one attached hydrogen (secondary N) is 1. The monoisotopic (exact) mass is 322 g/mol. The number of alkyl halides is 1. The number of H-pyrrole nitrogens is 1. The maximum Gasteiger partial charge on any atom is 0.330 e. The molecule has 2 heterocycles. The molecule has 0 aliphatic carbocycles. The van der Waals surface area contributed by atoms with Crippen LogP contribution in [0.4, 0.5) is 4.39 Å². The molecule has 0 aromatic carbocycles. The molecule has 0 bridgehead atoms. The summed E-state index contributed by atoms with van der Waals surface area (Å²) in [6.07, 6.45) is 0.656. The van der Waals surface area contributed by atoms with Crippen molar-refractivity contribution < 1.29 is 22.7 Å². The average molecular weight is 322 g/mol. The van der Waals surface area contributed by atoms with Gasteiger partial charge in [-0.15, -0.1) is 0 Å². The van der Waals surface area contributed by atoms with Gasteiger partial charge < -0.3 is 13.8 Å². The summed E-state index contributed by atoms with van der Waals surface area (Å²) < 4.78 is 40.8. The quantitative estimate of drug-likeness (QED) is 0.808. The van der Waals surface area contributed by atoms with Crippen molar-refractivity contribution in [1.82, 2.24) is 9.55 Å². The first-order valence-electron chi connectivity index (χ1n) is 6.24. The third-order valence-corrected chi connectivity index (χ3v) is 3.85. The van der Waals surface area contributed by atoms with Crippen molar-refractivity contribution in [2.75, 3.05) is 13.7 Å². The van der Waals surface area contributed by atoms with Crippen LogP contribution < -0.4 is 11.2 Å². The van der Waals surface area contributed by atoms with Crippen molar-refractivity contribution >= 4 is 8.25 Å². The van der Waals surface area contributed by atoms with Crippen LogP contribution in [0.5, 0.6) is 0 Å². The van der Waals surface area contributed by atoms with E-state index in [-0.39, 0.29) is 12.8 Å². The van der Waals surface area contributed by atoms with E-state index in [1.165, 1.54) is 20.2 Å². The Hall–Kier alpha value is -1.28. The van der Waals surface area contributed by atoms with Gasteiger partial charge in [0.05, 0.1) is 0 Å². The zero-order valence-corrected chi connectivity index (χ0v) is 12.6. The van der Waals surface area contributed by atoms with Gasteiger partial charge in [-0.3, -0.25) is 18.9 Å².